The fraction of sp³-hybridized carbons (Fsp3) is 0.524. The summed E-state index contributed by atoms with van der Waals surface area (Å²) in [6.07, 6.45) is 4.86. The first-order valence-electron chi connectivity index (χ1n) is 10.6. The quantitative estimate of drug-likeness (QED) is 0.529. The minimum Gasteiger partial charge on any atom is -0.376 e. The Kier molecular flexibility index (Phi) is 5.72. The molecule has 0 spiro atoms. The average molecular weight is 427 g/mol. The van der Waals surface area contributed by atoms with Gasteiger partial charge in [-0.05, 0) is 32.6 Å². The number of hydrogen-bond donors (Lipinski definition) is 0. The first kappa shape index (κ1) is 19.6. The number of benzene rings is 1. The maximum atomic E-state index is 5.88. The third kappa shape index (κ3) is 4.22. The minimum atomic E-state index is 0.234. The summed E-state index contributed by atoms with van der Waals surface area (Å²) < 4.78 is 13.6. The van der Waals surface area contributed by atoms with Gasteiger partial charge >= 0.3 is 0 Å². The number of aromatic nitrogens is 5. The van der Waals surface area contributed by atoms with E-state index in [-0.39, 0.29) is 6.10 Å². The first-order chi connectivity index (χ1) is 14.8. The van der Waals surface area contributed by atoms with Gasteiger partial charge in [-0.25, -0.2) is 0 Å². The summed E-state index contributed by atoms with van der Waals surface area (Å²) in [7, 11) is 0. The smallest absolute Gasteiger partial charge is 0.237 e. The average Bonchev–Trinajstić information content (AvgIpc) is 3.55. The molecule has 2 aromatic heterocycles. The van der Waals surface area contributed by atoms with Crippen molar-refractivity contribution in [1.29, 1.82) is 0 Å². The van der Waals surface area contributed by atoms with Crippen LogP contribution in [0.1, 0.15) is 37.1 Å². The van der Waals surface area contributed by atoms with Crippen LogP contribution in [0.4, 0.5) is 5.95 Å². The Hall–Kier alpha value is -2.39. The zero-order chi connectivity index (χ0) is 20.3. The van der Waals surface area contributed by atoms with Crippen molar-refractivity contribution in [3.05, 3.63) is 35.7 Å². The second-order valence-electron chi connectivity index (χ2n) is 7.89. The molecule has 1 atom stereocenters. The fourth-order valence-electron chi connectivity index (χ4n) is 3.95. The number of nitrogens with zero attached hydrogens (tertiary/aromatic N) is 6. The van der Waals surface area contributed by atoms with Crippen LogP contribution in [0.25, 0.3) is 11.4 Å². The monoisotopic (exact) mass is 426 g/mol. The van der Waals surface area contributed by atoms with Gasteiger partial charge in [0.2, 0.25) is 17.7 Å². The van der Waals surface area contributed by atoms with Gasteiger partial charge in [-0.2, -0.15) is 4.98 Å². The Balaban J connectivity index is 1.31. The van der Waals surface area contributed by atoms with Crippen LogP contribution in [-0.2, 0) is 17.0 Å². The molecule has 0 amide bonds. The van der Waals surface area contributed by atoms with E-state index in [1.807, 2.05) is 24.3 Å². The maximum absolute atomic E-state index is 5.88. The molecule has 0 aliphatic carbocycles. The lowest BCUT2D eigenvalue weighted by Crippen LogP contribution is -2.25. The summed E-state index contributed by atoms with van der Waals surface area (Å²) in [5.41, 5.74) is 2.16. The van der Waals surface area contributed by atoms with E-state index < -0.39 is 0 Å². The zero-order valence-electron chi connectivity index (χ0n) is 17.2. The van der Waals surface area contributed by atoms with Gasteiger partial charge in [0, 0.05) is 25.3 Å². The molecule has 158 valence electrons. The summed E-state index contributed by atoms with van der Waals surface area (Å²) in [5, 5.41) is 14.0. The van der Waals surface area contributed by atoms with Crippen molar-refractivity contribution in [3.8, 4) is 11.4 Å². The molecular weight excluding hydrogens is 400 g/mol. The van der Waals surface area contributed by atoms with Crippen LogP contribution in [-0.4, -0.2) is 50.7 Å². The highest BCUT2D eigenvalue weighted by Crippen LogP contribution is 2.29. The standard InChI is InChI=1S/C21H26N6O2S/c1-15-6-8-16(9-7-15)19-22-18(29-25-19)14-30-21-24-23-20(26-10-2-3-11-26)27(21)13-17-5-4-12-28-17/h6-9,17H,2-5,10-14H2,1H3/t17-/m1/s1. The van der Waals surface area contributed by atoms with Gasteiger partial charge in [0.15, 0.2) is 5.16 Å². The van der Waals surface area contributed by atoms with Crippen LogP contribution < -0.4 is 4.90 Å². The number of aryl methyl sites for hydroxylation is 1. The molecule has 2 aliphatic heterocycles. The second-order valence-corrected chi connectivity index (χ2v) is 8.83. The van der Waals surface area contributed by atoms with E-state index in [1.54, 1.807) is 11.8 Å². The summed E-state index contributed by atoms with van der Waals surface area (Å²) in [6, 6.07) is 8.12. The van der Waals surface area contributed by atoms with E-state index in [0.29, 0.717) is 17.5 Å². The topological polar surface area (TPSA) is 82.1 Å². The van der Waals surface area contributed by atoms with Crippen LogP contribution in [0.3, 0.4) is 0 Å². The summed E-state index contributed by atoms with van der Waals surface area (Å²) in [6.45, 7) is 5.78. The number of hydrogen-bond acceptors (Lipinski definition) is 8. The maximum Gasteiger partial charge on any atom is 0.237 e. The molecule has 30 heavy (non-hydrogen) atoms. The number of anilines is 1. The van der Waals surface area contributed by atoms with Crippen LogP contribution in [0.5, 0.6) is 0 Å². The van der Waals surface area contributed by atoms with Crippen molar-refractivity contribution in [2.75, 3.05) is 24.6 Å². The molecule has 8 nitrogen and oxygen atoms in total. The molecule has 4 heterocycles. The van der Waals surface area contributed by atoms with Crippen molar-refractivity contribution in [3.63, 3.8) is 0 Å². The van der Waals surface area contributed by atoms with Crippen LogP contribution in [0.2, 0.25) is 0 Å². The number of thioether (sulfide) groups is 1. The van der Waals surface area contributed by atoms with Gasteiger partial charge in [0.05, 0.1) is 18.4 Å². The van der Waals surface area contributed by atoms with Gasteiger partial charge in [0.1, 0.15) is 0 Å². The molecule has 1 aromatic carbocycles. The number of rotatable bonds is 7. The van der Waals surface area contributed by atoms with E-state index in [2.05, 4.69) is 36.7 Å². The Morgan fingerprint density at radius 3 is 2.70 bits per heavy atom. The molecular formula is C21H26N6O2S. The van der Waals surface area contributed by atoms with Gasteiger partial charge in [-0.15, -0.1) is 10.2 Å². The highest BCUT2D eigenvalue weighted by Gasteiger charge is 2.25. The van der Waals surface area contributed by atoms with E-state index in [0.717, 1.165) is 55.8 Å². The van der Waals surface area contributed by atoms with E-state index in [1.165, 1.54) is 18.4 Å². The van der Waals surface area contributed by atoms with Crippen LogP contribution in [0.15, 0.2) is 33.9 Å². The van der Waals surface area contributed by atoms with E-state index >= 15 is 0 Å². The molecule has 2 fully saturated rings. The molecule has 0 radical (unpaired) electrons. The fourth-order valence-corrected chi connectivity index (χ4v) is 4.73. The predicted molar refractivity (Wildman–Crippen MR) is 114 cm³/mol. The zero-order valence-corrected chi connectivity index (χ0v) is 18.0. The van der Waals surface area contributed by atoms with E-state index in [9.17, 15) is 0 Å². The first-order valence-corrected chi connectivity index (χ1v) is 11.6. The lowest BCUT2D eigenvalue weighted by Gasteiger charge is -2.20. The summed E-state index contributed by atoms with van der Waals surface area (Å²) in [5.74, 6) is 2.72. The highest BCUT2D eigenvalue weighted by molar-refractivity contribution is 7.98. The van der Waals surface area contributed by atoms with Crippen LogP contribution in [0, 0.1) is 6.92 Å². The molecule has 2 aliphatic rings. The predicted octanol–water partition coefficient (Wildman–Crippen LogP) is 3.71. The van der Waals surface area contributed by atoms with Gasteiger partial charge < -0.3 is 14.2 Å². The molecule has 0 N–H and O–H groups in total. The Labute approximate surface area is 180 Å². The Morgan fingerprint density at radius 2 is 1.93 bits per heavy atom. The Morgan fingerprint density at radius 1 is 1.10 bits per heavy atom. The lowest BCUT2D eigenvalue weighted by atomic mass is 10.1. The van der Waals surface area contributed by atoms with Crippen LogP contribution >= 0.6 is 11.8 Å². The largest absolute Gasteiger partial charge is 0.376 e. The second kappa shape index (κ2) is 8.77. The van der Waals surface area contributed by atoms with Crippen molar-refractivity contribution in [2.24, 2.45) is 0 Å². The molecule has 0 saturated carbocycles. The summed E-state index contributed by atoms with van der Waals surface area (Å²) >= 11 is 1.58. The third-order valence-corrected chi connectivity index (χ3v) is 6.55. The van der Waals surface area contributed by atoms with Crippen molar-refractivity contribution in [1.82, 2.24) is 24.9 Å². The van der Waals surface area contributed by atoms with Crippen molar-refractivity contribution in [2.45, 2.75) is 56.2 Å². The number of ether oxygens (including phenoxy) is 1. The lowest BCUT2D eigenvalue weighted by molar-refractivity contribution is 0.0952. The third-order valence-electron chi connectivity index (χ3n) is 5.60. The van der Waals surface area contributed by atoms with Crippen molar-refractivity contribution < 1.29 is 9.26 Å². The van der Waals surface area contributed by atoms with Gasteiger partial charge in [0.25, 0.3) is 0 Å². The van der Waals surface area contributed by atoms with E-state index in [4.69, 9.17) is 9.26 Å². The van der Waals surface area contributed by atoms with Crippen molar-refractivity contribution >= 4 is 17.7 Å². The minimum absolute atomic E-state index is 0.234. The van der Waals surface area contributed by atoms with Gasteiger partial charge in [-0.1, -0.05) is 46.7 Å². The molecule has 3 aromatic rings. The highest BCUT2D eigenvalue weighted by atomic mass is 32.2. The Bertz CT molecular complexity index is 974. The normalized spacial score (nSPS) is 19.1. The summed E-state index contributed by atoms with van der Waals surface area (Å²) in [4.78, 5) is 6.88. The molecule has 0 bridgehead atoms. The SMILES string of the molecule is Cc1ccc(-c2noc(CSc3nnc(N4CCCC4)n3C[C@H]3CCCO3)n2)cc1. The molecule has 5 rings (SSSR count). The molecule has 9 heteroatoms. The molecule has 2 saturated heterocycles. The van der Waals surface area contributed by atoms with Gasteiger partial charge in [-0.3, -0.25) is 4.57 Å². The molecule has 0 unspecified atom stereocenters.